The van der Waals surface area contributed by atoms with Crippen LogP contribution in [0.2, 0.25) is 0 Å². The summed E-state index contributed by atoms with van der Waals surface area (Å²) in [6.45, 7) is 0. The zero-order valence-corrected chi connectivity index (χ0v) is 19.1. The summed E-state index contributed by atoms with van der Waals surface area (Å²) in [7, 11) is -15.8. The van der Waals surface area contributed by atoms with Gasteiger partial charge < -0.3 is 0 Å². The van der Waals surface area contributed by atoms with Gasteiger partial charge in [-0.15, -0.1) is 0 Å². The summed E-state index contributed by atoms with van der Waals surface area (Å²) in [5, 5.41) is 0. The first-order valence-electron chi connectivity index (χ1n) is 4.63. The maximum absolute atomic E-state index is 15.8. The molecule has 0 aliphatic carbocycles. The van der Waals surface area contributed by atoms with Gasteiger partial charge in [0.25, 0.3) is 0 Å². The summed E-state index contributed by atoms with van der Waals surface area (Å²) < 4.78 is 233. The number of halogens is 18. The van der Waals surface area contributed by atoms with Crippen molar-refractivity contribution in [2.45, 2.75) is 0 Å². The Hall–Kier alpha value is 2.01. The molecule has 0 aromatic carbocycles. The molecule has 0 N–H and O–H groups in total. The minimum absolute atomic E-state index is 11.5. The SMILES string of the molecule is F[PH](F)(F)[W]([PH](F)(F)F)([PH](F)(F)F)([PH](F)(F)F)([PH](F)(F)F)[PH](F)(F)F. The predicted molar refractivity (Wildman–Crippen MR) is 69.8 cm³/mol. The molecule has 0 saturated heterocycles. The third kappa shape index (κ3) is 1.77. The molecule has 0 aliphatic rings. The molecule has 25 heavy (non-hydrogen) atoms. The van der Waals surface area contributed by atoms with Crippen LogP contribution >= 0.6 is 37.7 Å². The second-order valence-electron chi connectivity index (χ2n) is 4.21. The van der Waals surface area contributed by atoms with E-state index in [4.69, 9.17) is 0 Å². The van der Waals surface area contributed by atoms with Crippen molar-refractivity contribution in [2.75, 3.05) is 0 Å². The number of hydrogen-bond acceptors (Lipinski definition) is 0. The minimum atomic E-state index is -15.8. The van der Waals surface area contributed by atoms with Gasteiger partial charge in [-0.25, -0.2) is 0 Å². The molecule has 168 valence electrons. The average molecular weight is 718 g/mol. The van der Waals surface area contributed by atoms with Gasteiger partial charge in [0.1, 0.15) is 0 Å². The summed E-state index contributed by atoms with van der Waals surface area (Å²) in [6.07, 6.45) is -69.2. The van der Waals surface area contributed by atoms with Crippen LogP contribution in [0.4, 0.5) is 75.5 Å². The van der Waals surface area contributed by atoms with E-state index in [0.29, 0.717) is 0 Å². The van der Waals surface area contributed by atoms with E-state index in [2.05, 4.69) is 0 Å². The van der Waals surface area contributed by atoms with Crippen LogP contribution in [0, 0.1) is 0 Å². The third-order valence-electron chi connectivity index (χ3n) is 3.47. The monoisotopic (exact) mass is 718 g/mol. The third-order valence-corrected chi connectivity index (χ3v) is 256. The molecule has 0 aromatic rings. The Morgan fingerprint density at radius 2 is 0.320 bits per heavy atom. The van der Waals surface area contributed by atoms with Gasteiger partial charge >= 0.3 is 124 Å². The molecule has 0 fully saturated rings. The van der Waals surface area contributed by atoms with E-state index in [1.807, 2.05) is 0 Å². The Kier molecular flexibility index (Phi) is 6.25. The van der Waals surface area contributed by atoms with Gasteiger partial charge in [0.15, 0.2) is 0 Å². The summed E-state index contributed by atoms with van der Waals surface area (Å²) in [5.41, 5.74) is 0. The van der Waals surface area contributed by atoms with Gasteiger partial charge in [0, 0.05) is 0 Å². The van der Waals surface area contributed by atoms with Gasteiger partial charge in [0.05, 0.1) is 0 Å². The van der Waals surface area contributed by atoms with Crippen LogP contribution in [-0.4, -0.2) is 0 Å². The summed E-state index contributed by atoms with van der Waals surface area (Å²) >= 11 is 0. The zero-order valence-electron chi connectivity index (χ0n) is 10.2. The van der Waals surface area contributed by atoms with E-state index in [-0.39, 0.29) is 0 Å². The topological polar surface area (TPSA) is 0 Å². The second-order valence-corrected chi connectivity index (χ2v) is 151. The number of hydrogen-bond donors (Lipinski definition) is 0. The van der Waals surface area contributed by atoms with Crippen molar-refractivity contribution in [3.8, 4) is 0 Å². The quantitative estimate of drug-likeness (QED) is 0.190. The molecule has 0 atom stereocenters. The first-order chi connectivity index (χ1) is 10.2. The first-order valence-corrected chi connectivity index (χ1v) is 40.3. The Morgan fingerprint density at radius 3 is 0.320 bits per heavy atom. The molecule has 0 bridgehead atoms. The van der Waals surface area contributed by atoms with Gasteiger partial charge in [-0.1, -0.05) is 0 Å². The van der Waals surface area contributed by atoms with E-state index < -0.39 is 48.2 Å². The van der Waals surface area contributed by atoms with Crippen molar-refractivity contribution in [2.24, 2.45) is 0 Å². The fraction of sp³-hybridized carbons (Fsp3) is 0. The van der Waals surface area contributed by atoms with Crippen LogP contribution in [0.25, 0.3) is 0 Å². The molecule has 0 aliphatic heterocycles. The first kappa shape index (κ1) is 27.0. The number of rotatable bonds is 6. The average Bonchev–Trinajstić information content (AvgIpc) is 2.00. The van der Waals surface area contributed by atoms with Crippen molar-refractivity contribution in [3.63, 3.8) is 0 Å². The van der Waals surface area contributed by atoms with Crippen LogP contribution in [0.5, 0.6) is 0 Å². The van der Waals surface area contributed by atoms with Crippen LogP contribution in [0.1, 0.15) is 0 Å². The Bertz CT molecular complexity index is 395. The molecule has 0 rings (SSSR count). The van der Waals surface area contributed by atoms with E-state index >= 15 is 0 Å². The van der Waals surface area contributed by atoms with Crippen molar-refractivity contribution >= 4 is 37.7 Å². The molecule has 25 heteroatoms. The molecule has 0 heterocycles. The maximum atomic E-state index is 13.0. The van der Waals surface area contributed by atoms with Gasteiger partial charge in [-0.2, -0.15) is 0 Å². The van der Waals surface area contributed by atoms with E-state index in [9.17, 15) is 75.5 Å². The molecule has 0 radical (unpaired) electrons. The van der Waals surface area contributed by atoms with E-state index in [1.165, 1.54) is 0 Å². The molecule has 0 spiro atoms. The molecule has 0 aromatic heterocycles. The summed E-state index contributed by atoms with van der Waals surface area (Å²) in [4.78, 5) is 0. The summed E-state index contributed by atoms with van der Waals surface area (Å²) in [6, 6.07) is 0. The molecule has 0 unspecified atom stereocenters. The van der Waals surface area contributed by atoms with Crippen LogP contribution < -0.4 is 0 Å². The van der Waals surface area contributed by atoms with Crippen molar-refractivity contribution < 1.29 is 86.1 Å². The fourth-order valence-electron chi connectivity index (χ4n) is 1.97. The van der Waals surface area contributed by atoms with Crippen molar-refractivity contribution in [1.82, 2.24) is 0 Å². The Balaban J connectivity index is 9.10. The van der Waals surface area contributed by atoms with Crippen LogP contribution in [0.15, 0.2) is 0 Å². The standard InChI is InChI=1S/6F3HP.W/c6*1-4(2)3;/h6*4H;/q6*+1;-6. The van der Waals surface area contributed by atoms with Crippen molar-refractivity contribution in [3.05, 3.63) is 0 Å². The Labute approximate surface area is 124 Å². The molecular formula is H6F18P6W. The zero-order chi connectivity index (χ0) is 21.4. The predicted octanol–water partition coefficient (Wildman–Crippen LogP) is 11.1. The fourth-order valence-corrected chi connectivity index (χ4v) is 145. The Morgan fingerprint density at radius 1 is 0.240 bits per heavy atom. The van der Waals surface area contributed by atoms with Crippen LogP contribution in [0.3, 0.4) is 0 Å². The summed E-state index contributed by atoms with van der Waals surface area (Å²) in [5.74, 6) is 0. The molecular weight excluding hydrogens is 712 g/mol. The van der Waals surface area contributed by atoms with E-state index in [1.54, 1.807) is 0 Å². The van der Waals surface area contributed by atoms with Crippen molar-refractivity contribution in [1.29, 1.82) is 0 Å². The van der Waals surface area contributed by atoms with E-state index in [0.717, 1.165) is 0 Å². The molecule has 0 nitrogen and oxygen atoms in total. The van der Waals surface area contributed by atoms with Gasteiger partial charge in [0.2, 0.25) is 0 Å². The van der Waals surface area contributed by atoms with Gasteiger partial charge in [-0.05, 0) is 0 Å². The molecule has 0 amide bonds. The normalized spacial score (nSPS) is 23.3. The van der Waals surface area contributed by atoms with Gasteiger partial charge in [-0.3, -0.25) is 0 Å². The second kappa shape index (κ2) is 5.79. The van der Waals surface area contributed by atoms with Crippen LogP contribution in [-0.2, 0) is 10.5 Å². The molecule has 0 saturated carbocycles.